The minimum Gasteiger partial charge on any atom is -0.493 e. The number of hydrogen-bond acceptors (Lipinski definition) is 6. The van der Waals surface area contributed by atoms with Crippen LogP contribution in [0.25, 0.3) is 6.08 Å². The molecule has 8 heteroatoms. The van der Waals surface area contributed by atoms with E-state index in [0.29, 0.717) is 5.56 Å². The highest BCUT2D eigenvalue weighted by Gasteiger charge is 2.27. The number of carbonyl (C=O) groups excluding carboxylic acids is 1. The van der Waals surface area contributed by atoms with E-state index in [9.17, 15) is 13.2 Å². The van der Waals surface area contributed by atoms with Crippen molar-refractivity contribution in [3.8, 4) is 11.5 Å². The quantitative estimate of drug-likeness (QED) is 0.585. The first-order chi connectivity index (χ1) is 11.9. The Morgan fingerprint density at radius 3 is 2.40 bits per heavy atom. The van der Waals surface area contributed by atoms with E-state index in [4.69, 9.17) is 9.47 Å². The summed E-state index contributed by atoms with van der Waals surface area (Å²) in [7, 11) is 0.284. The lowest BCUT2D eigenvalue weighted by Gasteiger charge is -2.17. The number of benzene rings is 1. The van der Waals surface area contributed by atoms with Crippen molar-refractivity contribution in [2.45, 2.75) is 36.6 Å². The number of rotatable bonds is 7. The molecule has 0 spiro atoms. The maximum absolute atomic E-state index is 12.8. The largest absolute Gasteiger partial charge is 0.493 e. The summed E-state index contributed by atoms with van der Waals surface area (Å²) in [6.45, 7) is 0. The number of hydrogen-bond donors (Lipinski definition) is 1. The third-order valence-corrected chi connectivity index (χ3v) is 5.57. The van der Waals surface area contributed by atoms with Crippen LogP contribution in [-0.2, 0) is 19.6 Å². The molecule has 1 fully saturated rings. The summed E-state index contributed by atoms with van der Waals surface area (Å²) in [6, 6.07) is 2.96. The SMILES string of the molecule is COC(=O)C=Cc1cc(OC)c(OC)c(S(=O)(=O)NC2CCCC2)c1. The van der Waals surface area contributed by atoms with Crippen LogP contribution in [-0.4, -0.2) is 41.8 Å². The Hall–Kier alpha value is -2.06. The van der Waals surface area contributed by atoms with Gasteiger partial charge in [0.05, 0.1) is 21.3 Å². The Kier molecular flexibility index (Phi) is 6.44. The van der Waals surface area contributed by atoms with Gasteiger partial charge in [0, 0.05) is 12.1 Å². The summed E-state index contributed by atoms with van der Waals surface area (Å²) in [5.74, 6) is -0.146. The van der Waals surface area contributed by atoms with Crippen LogP contribution >= 0.6 is 0 Å². The van der Waals surface area contributed by atoms with E-state index >= 15 is 0 Å². The molecule has 0 heterocycles. The topological polar surface area (TPSA) is 90.9 Å². The fourth-order valence-electron chi connectivity index (χ4n) is 2.80. The maximum Gasteiger partial charge on any atom is 0.330 e. The summed E-state index contributed by atoms with van der Waals surface area (Å²) >= 11 is 0. The molecule has 2 rings (SSSR count). The third-order valence-electron chi connectivity index (χ3n) is 4.05. The molecule has 0 aromatic heterocycles. The monoisotopic (exact) mass is 369 g/mol. The Morgan fingerprint density at radius 2 is 1.84 bits per heavy atom. The number of sulfonamides is 1. The molecule has 25 heavy (non-hydrogen) atoms. The second-order valence-electron chi connectivity index (χ2n) is 5.71. The van der Waals surface area contributed by atoms with Gasteiger partial charge in [0.15, 0.2) is 11.5 Å². The predicted molar refractivity (Wildman–Crippen MR) is 93.2 cm³/mol. The maximum atomic E-state index is 12.8. The van der Waals surface area contributed by atoms with Crippen LogP contribution in [0.2, 0.25) is 0 Å². The highest BCUT2D eigenvalue weighted by molar-refractivity contribution is 7.89. The van der Waals surface area contributed by atoms with E-state index in [1.807, 2.05) is 0 Å². The number of esters is 1. The van der Waals surface area contributed by atoms with E-state index in [1.54, 1.807) is 6.07 Å². The van der Waals surface area contributed by atoms with Crippen LogP contribution in [0.3, 0.4) is 0 Å². The zero-order valence-corrected chi connectivity index (χ0v) is 15.4. The Balaban J connectivity index is 2.45. The van der Waals surface area contributed by atoms with E-state index in [1.165, 1.54) is 39.5 Å². The summed E-state index contributed by atoms with van der Waals surface area (Å²) in [6.07, 6.45) is 6.33. The molecule has 0 amide bonds. The van der Waals surface area contributed by atoms with Crippen molar-refractivity contribution in [2.75, 3.05) is 21.3 Å². The molecule has 0 atom stereocenters. The molecule has 7 nitrogen and oxygen atoms in total. The molecule has 1 N–H and O–H groups in total. The zero-order chi connectivity index (χ0) is 18.4. The van der Waals surface area contributed by atoms with Crippen molar-refractivity contribution < 1.29 is 27.4 Å². The molecule has 0 aliphatic heterocycles. The molecule has 1 saturated carbocycles. The lowest BCUT2D eigenvalue weighted by molar-refractivity contribution is -0.134. The number of ether oxygens (including phenoxy) is 3. The average Bonchev–Trinajstić information content (AvgIpc) is 3.10. The lowest BCUT2D eigenvalue weighted by atomic mass is 10.2. The van der Waals surface area contributed by atoms with Crippen molar-refractivity contribution in [3.63, 3.8) is 0 Å². The highest BCUT2D eigenvalue weighted by atomic mass is 32.2. The minimum absolute atomic E-state index is 0.0224. The van der Waals surface area contributed by atoms with Gasteiger partial charge < -0.3 is 14.2 Å². The Labute approximate surface area is 148 Å². The average molecular weight is 369 g/mol. The van der Waals surface area contributed by atoms with Crippen molar-refractivity contribution in [3.05, 3.63) is 23.8 Å². The van der Waals surface area contributed by atoms with Crippen molar-refractivity contribution in [2.24, 2.45) is 0 Å². The van der Waals surface area contributed by atoms with Gasteiger partial charge in [0.25, 0.3) is 0 Å². The fourth-order valence-corrected chi connectivity index (χ4v) is 4.33. The van der Waals surface area contributed by atoms with Crippen LogP contribution in [0.15, 0.2) is 23.1 Å². The van der Waals surface area contributed by atoms with Gasteiger partial charge in [0.2, 0.25) is 10.0 Å². The van der Waals surface area contributed by atoms with Crippen molar-refractivity contribution in [1.29, 1.82) is 0 Å². The van der Waals surface area contributed by atoms with Crippen LogP contribution in [0.5, 0.6) is 11.5 Å². The molecule has 138 valence electrons. The fraction of sp³-hybridized carbons (Fsp3) is 0.471. The summed E-state index contributed by atoms with van der Waals surface area (Å²) in [5.41, 5.74) is 0.481. The van der Waals surface area contributed by atoms with Gasteiger partial charge in [-0.2, -0.15) is 0 Å². The van der Waals surface area contributed by atoms with Crippen molar-refractivity contribution >= 4 is 22.1 Å². The third kappa shape index (κ3) is 4.73. The van der Waals surface area contributed by atoms with E-state index in [-0.39, 0.29) is 22.4 Å². The van der Waals surface area contributed by atoms with E-state index in [2.05, 4.69) is 9.46 Å². The summed E-state index contributed by atoms with van der Waals surface area (Å²) < 4.78 is 43.4. The molecule has 1 aliphatic rings. The second kappa shape index (κ2) is 8.35. The van der Waals surface area contributed by atoms with Gasteiger partial charge >= 0.3 is 5.97 Å². The second-order valence-corrected chi connectivity index (χ2v) is 7.40. The van der Waals surface area contributed by atoms with Gasteiger partial charge in [-0.05, 0) is 36.6 Å². The smallest absolute Gasteiger partial charge is 0.330 e. The van der Waals surface area contributed by atoms with Crippen LogP contribution < -0.4 is 14.2 Å². The molecule has 1 aliphatic carbocycles. The summed E-state index contributed by atoms with van der Waals surface area (Å²) in [5, 5.41) is 0. The lowest BCUT2D eigenvalue weighted by Crippen LogP contribution is -2.33. The summed E-state index contributed by atoms with van der Waals surface area (Å²) in [4.78, 5) is 11.3. The van der Waals surface area contributed by atoms with Crippen LogP contribution in [0.4, 0.5) is 0 Å². The first-order valence-electron chi connectivity index (χ1n) is 7.95. The van der Waals surface area contributed by atoms with Crippen LogP contribution in [0, 0.1) is 0 Å². The zero-order valence-electron chi connectivity index (χ0n) is 14.6. The predicted octanol–water partition coefficient (Wildman–Crippen LogP) is 2.11. The van der Waals surface area contributed by atoms with E-state index in [0.717, 1.165) is 25.7 Å². The van der Waals surface area contributed by atoms with Crippen LogP contribution in [0.1, 0.15) is 31.2 Å². The molecule has 0 bridgehead atoms. The van der Waals surface area contributed by atoms with Crippen molar-refractivity contribution in [1.82, 2.24) is 4.72 Å². The Morgan fingerprint density at radius 1 is 1.16 bits per heavy atom. The molecular formula is C17H23NO6S. The normalized spacial score (nSPS) is 15.5. The van der Waals surface area contributed by atoms with Gasteiger partial charge in [-0.1, -0.05) is 12.8 Å². The molecular weight excluding hydrogens is 346 g/mol. The number of nitrogens with one attached hydrogen (secondary N) is 1. The molecule has 1 aromatic carbocycles. The first-order valence-corrected chi connectivity index (χ1v) is 9.44. The molecule has 1 aromatic rings. The number of methoxy groups -OCH3 is 3. The molecule has 0 unspecified atom stereocenters. The standard InChI is InChI=1S/C17H23NO6S/c1-22-14-10-12(8-9-16(19)23-2)11-15(17(14)24-3)25(20,21)18-13-6-4-5-7-13/h8-11,13,18H,4-7H2,1-3H3. The Bertz CT molecular complexity index is 751. The van der Waals surface area contributed by atoms with E-state index < -0.39 is 16.0 Å². The number of carbonyl (C=O) groups is 1. The minimum atomic E-state index is -3.79. The molecule has 0 saturated heterocycles. The van der Waals surface area contributed by atoms with Gasteiger partial charge in [-0.3, -0.25) is 0 Å². The van der Waals surface area contributed by atoms with Gasteiger partial charge in [-0.25, -0.2) is 17.9 Å². The molecule has 0 radical (unpaired) electrons. The first kappa shape index (κ1) is 19.3. The highest BCUT2D eigenvalue weighted by Crippen LogP contribution is 2.36. The van der Waals surface area contributed by atoms with Gasteiger partial charge in [0.1, 0.15) is 4.90 Å². The van der Waals surface area contributed by atoms with Gasteiger partial charge in [-0.15, -0.1) is 0 Å².